The predicted molar refractivity (Wildman–Crippen MR) is 170 cm³/mol. The fourth-order valence-electron chi connectivity index (χ4n) is 5.08. The first kappa shape index (κ1) is 32.9. The first-order valence-electron chi connectivity index (χ1n) is 14.0. The fourth-order valence-corrected chi connectivity index (χ4v) is 7.00. The largest absolute Gasteiger partial charge is 0.495 e. The van der Waals surface area contributed by atoms with Crippen LogP contribution >= 0.6 is 34.8 Å². The van der Waals surface area contributed by atoms with Gasteiger partial charge in [0.15, 0.2) is 0 Å². The van der Waals surface area contributed by atoms with E-state index in [2.05, 4.69) is 5.32 Å². The van der Waals surface area contributed by atoms with Crippen molar-refractivity contribution in [3.05, 3.63) is 87.4 Å². The Kier molecular flexibility index (Phi) is 11.2. The molecule has 0 unspecified atom stereocenters. The summed E-state index contributed by atoms with van der Waals surface area (Å²) < 4.78 is 34.5. The van der Waals surface area contributed by atoms with Gasteiger partial charge in [-0.1, -0.05) is 78.3 Å². The third-order valence-corrected chi connectivity index (χ3v) is 10.2. The average Bonchev–Trinajstić information content (AvgIpc) is 3.00. The summed E-state index contributed by atoms with van der Waals surface area (Å²) >= 11 is 18.7. The molecule has 43 heavy (non-hydrogen) atoms. The second-order valence-corrected chi connectivity index (χ2v) is 13.5. The van der Waals surface area contributed by atoms with E-state index in [1.807, 2.05) is 0 Å². The highest BCUT2D eigenvalue weighted by molar-refractivity contribution is 7.92. The number of carbonyl (C=O) groups excluding carboxylic acids is 2. The van der Waals surface area contributed by atoms with E-state index in [1.165, 1.54) is 36.3 Å². The molecule has 0 saturated heterocycles. The summed E-state index contributed by atoms with van der Waals surface area (Å²) in [6.45, 7) is 0.987. The van der Waals surface area contributed by atoms with E-state index in [-0.39, 0.29) is 39.8 Å². The lowest BCUT2D eigenvalue weighted by Gasteiger charge is -2.33. The molecule has 1 aliphatic rings. The number of sulfonamides is 1. The van der Waals surface area contributed by atoms with Crippen LogP contribution in [0.1, 0.15) is 44.6 Å². The molecule has 12 heteroatoms. The summed E-state index contributed by atoms with van der Waals surface area (Å²) in [5, 5.41) is 3.97. The van der Waals surface area contributed by atoms with Crippen LogP contribution in [-0.4, -0.2) is 50.9 Å². The number of hydrogen-bond donors (Lipinski definition) is 1. The van der Waals surface area contributed by atoms with Crippen LogP contribution in [0.3, 0.4) is 0 Å². The molecule has 3 aromatic carbocycles. The molecule has 4 rings (SSSR count). The lowest BCUT2D eigenvalue weighted by atomic mass is 9.95. The van der Waals surface area contributed by atoms with Crippen molar-refractivity contribution in [2.75, 3.05) is 18.0 Å². The molecule has 0 aliphatic heterocycles. The molecule has 8 nitrogen and oxygen atoms in total. The minimum absolute atomic E-state index is 0.0130. The van der Waals surface area contributed by atoms with Gasteiger partial charge in [-0.15, -0.1) is 0 Å². The van der Waals surface area contributed by atoms with E-state index in [9.17, 15) is 18.0 Å². The molecule has 2 amide bonds. The van der Waals surface area contributed by atoms with Crippen LogP contribution in [0.5, 0.6) is 5.75 Å². The minimum atomic E-state index is -4.28. The Morgan fingerprint density at radius 2 is 1.65 bits per heavy atom. The molecular formula is C31H34Cl3N3O5S. The fraction of sp³-hybridized carbons (Fsp3) is 0.355. The highest BCUT2D eigenvalue weighted by Crippen LogP contribution is 2.35. The van der Waals surface area contributed by atoms with Gasteiger partial charge in [0.05, 0.1) is 27.7 Å². The van der Waals surface area contributed by atoms with Crippen LogP contribution in [0.15, 0.2) is 71.6 Å². The van der Waals surface area contributed by atoms with Gasteiger partial charge in [0.25, 0.3) is 10.0 Å². The molecule has 1 fully saturated rings. The number of amides is 2. The summed E-state index contributed by atoms with van der Waals surface area (Å²) in [6.07, 6.45) is 4.92. The van der Waals surface area contributed by atoms with E-state index >= 15 is 0 Å². The Bertz CT molecular complexity index is 1550. The zero-order valence-corrected chi connectivity index (χ0v) is 27.0. The maximum absolute atomic E-state index is 14.2. The first-order valence-corrected chi connectivity index (χ1v) is 16.5. The quantitative estimate of drug-likeness (QED) is 0.245. The van der Waals surface area contributed by atoms with E-state index < -0.39 is 28.5 Å². The third-order valence-electron chi connectivity index (χ3n) is 7.48. The van der Waals surface area contributed by atoms with Crippen molar-refractivity contribution in [3.63, 3.8) is 0 Å². The number of ether oxygens (including phenoxy) is 1. The van der Waals surface area contributed by atoms with Gasteiger partial charge in [-0.2, -0.15) is 0 Å². The van der Waals surface area contributed by atoms with Crippen LogP contribution in [0.2, 0.25) is 15.1 Å². The lowest BCUT2D eigenvalue weighted by molar-refractivity contribution is -0.139. The summed E-state index contributed by atoms with van der Waals surface area (Å²) in [4.78, 5) is 29.0. The van der Waals surface area contributed by atoms with E-state index in [0.717, 1.165) is 36.4 Å². The normalized spacial score (nSPS) is 14.5. The maximum Gasteiger partial charge on any atom is 0.264 e. The molecule has 1 saturated carbocycles. The Labute approximate surface area is 267 Å². The molecule has 1 atom stereocenters. The zero-order valence-electron chi connectivity index (χ0n) is 23.9. The number of nitrogens with one attached hydrogen (secondary N) is 1. The van der Waals surface area contributed by atoms with Gasteiger partial charge in [0.1, 0.15) is 18.3 Å². The van der Waals surface area contributed by atoms with Crippen molar-refractivity contribution in [1.82, 2.24) is 10.2 Å². The van der Waals surface area contributed by atoms with Gasteiger partial charge in [-0.3, -0.25) is 13.9 Å². The smallest absolute Gasteiger partial charge is 0.264 e. The van der Waals surface area contributed by atoms with Crippen LogP contribution in [0.4, 0.5) is 5.69 Å². The van der Waals surface area contributed by atoms with Crippen molar-refractivity contribution in [2.45, 2.75) is 62.6 Å². The number of carbonyl (C=O) groups is 2. The second-order valence-electron chi connectivity index (χ2n) is 10.4. The van der Waals surface area contributed by atoms with Crippen LogP contribution in [-0.2, 0) is 26.2 Å². The van der Waals surface area contributed by atoms with Gasteiger partial charge >= 0.3 is 0 Å². The molecule has 1 aliphatic carbocycles. The van der Waals surface area contributed by atoms with Gasteiger partial charge in [-0.25, -0.2) is 8.42 Å². The van der Waals surface area contributed by atoms with Crippen molar-refractivity contribution in [3.8, 4) is 5.75 Å². The Balaban J connectivity index is 1.73. The second kappa shape index (κ2) is 14.7. The third kappa shape index (κ3) is 8.15. The van der Waals surface area contributed by atoms with Gasteiger partial charge < -0.3 is 15.0 Å². The van der Waals surface area contributed by atoms with Crippen molar-refractivity contribution in [2.24, 2.45) is 0 Å². The van der Waals surface area contributed by atoms with E-state index in [4.69, 9.17) is 39.5 Å². The zero-order chi connectivity index (χ0) is 31.1. The molecule has 0 spiro atoms. The number of methoxy groups -OCH3 is 1. The molecule has 0 bridgehead atoms. The molecule has 0 radical (unpaired) electrons. The predicted octanol–water partition coefficient (Wildman–Crippen LogP) is 6.72. The van der Waals surface area contributed by atoms with Crippen molar-refractivity contribution >= 4 is 62.3 Å². The monoisotopic (exact) mass is 665 g/mol. The number of halogens is 3. The van der Waals surface area contributed by atoms with Crippen LogP contribution in [0.25, 0.3) is 0 Å². The molecule has 0 aromatic heterocycles. The first-order chi connectivity index (χ1) is 20.5. The number of benzene rings is 3. The van der Waals surface area contributed by atoms with Crippen LogP contribution in [0, 0.1) is 0 Å². The Morgan fingerprint density at radius 1 is 0.953 bits per heavy atom. The highest BCUT2D eigenvalue weighted by Gasteiger charge is 2.34. The number of hydrogen-bond acceptors (Lipinski definition) is 5. The van der Waals surface area contributed by atoms with Crippen LogP contribution < -0.4 is 14.4 Å². The number of rotatable bonds is 11. The van der Waals surface area contributed by atoms with Gasteiger partial charge in [0.2, 0.25) is 11.8 Å². The van der Waals surface area contributed by atoms with Crippen molar-refractivity contribution < 1.29 is 22.7 Å². The Morgan fingerprint density at radius 3 is 2.30 bits per heavy atom. The summed E-state index contributed by atoms with van der Waals surface area (Å²) in [7, 11) is -2.88. The minimum Gasteiger partial charge on any atom is -0.495 e. The average molecular weight is 667 g/mol. The van der Waals surface area contributed by atoms with Crippen molar-refractivity contribution in [1.29, 1.82) is 0 Å². The van der Waals surface area contributed by atoms with Gasteiger partial charge in [-0.05, 0) is 67.8 Å². The Hall–Kier alpha value is -2.98. The number of nitrogens with zero attached hydrogens (tertiary/aromatic N) is 2. The maximum atomic E-state index is 14.2. The molecule has 230 valence electrons. The standard InChI is InChI=1S/C31H34Cl3N3O5S/c1-21(31(39)35-24-9-5-3-6-10-24)36(19-22-13-15-26(33)27(34)17-22)30(38)20-37(28-18-23(32)14-16-29(28)42-2)43(40,41)25-11-7-4-8-12-25/h4,7-8,11-18,21,24H,3,5-6,9-10,19-20H2,1-2H3,(H,35,39)/t21-/m1/s1. The SMILES string of the molecule is COc1ccc(Cl)cc1N(CC(=O)N(Cc1ccc(Cl)c(Cl)c1)[C@H](C)C(=O)NC1CCCCC1)S(=O)(=O)c1ccccc1. The molecule has 0 heterocycles. The van der Waals surface area contributed by atoms with Gasteiger partial charge in [0, 0.05) is 17.6 Å². The number of anilines is 1. The molecular weight excluding hydrogens is 633 g/mol. The van der Waals surface area contributed by atoms with E-state index in [1.54, 1.807) is 49.4 Å². The van der Waals surface area contributed by atoms with E-state index in [0.29, 0.717) is 15.6 Å². The molecule has 1 N–H and O–H groups in total. The molecule has 3 aromatic rings. The summed E-state index contributed by atoms with van der Waals surface area (Å²) in [6, 6.07) is 16.3. The summed E-state index contributed by atoms with van der Waals surface area (Å²) in [5.74, 6) is -0.729. The highest BCUT2D eigenvalue weighted by atomic mass is 35.5. The summed E-state index contributed by atoms with van der Waals surface area (Å²) in [5.41, 5.74) is 0.707. The lowest BCUT2D eigenvalue weighted by Crippen LogP contribution is -2.53. The topological polar surface area (TPSA) is 96.0 Å².